The summed E-state index contributed by atoms with van der Waals surface area (Å²) in [5.41, 5.74) is 8.25. The molecule has 1 unspecified atom stereocenters. The van der Waals surface area contributed by atoms with E-state index in [4.69, 9.17) is 10.5 Å². The quantitative estimate of drug-likeness (QED) is 0.890. The van der Waals surface area contributed by atoms with Gasteiger partial charge in [0.15, 0.2) is 0 Å². The Labute approximate surface area is 128 Å². The number of pyridine rings is 1. The summed E-state index contributed by atoms with van der Waals surface area (Å²) in [7, 11) is 0. The lowest BCUT2D eigenvalue weighted by atomic mass is 10.1. The van der Waals surface area contributed by atoms with Crippen LogP contribution in [0.4, 0.5) is 0 Å². The van der Waals surface area contributed by atoms with Gasteiger partial charge in [-0.05, 0) is 59.0 Å². The smallest absolute Gasteiger partial charge is 0.219 e. The van der Waals surface area contributed by atoms with Crippen molar-refractivity contribution in [2.45, 2.75) is 32.7 Å². The van der Waals surface area contributed by atoms with E-state index in [0.29, 0.717) is 5.88 Å². The first kappa shape index (κ1) is 15.0. The van der Waals surface area contributed by atoms with Crippen LogP contribution in [0.1, 0.15) is 24.5 Å². The number of hydrogen-bond donors (Lipinski definition) is 1. The first-order chi connectivity index (χ1) is 9.58. The second kappa shape index (κ2) is 6.86. The summed E-state index contributed by atoms with van der Waals surface area (Å²) in [6.45, 7) is 4.13. The molecule has 20 heavy (non-hydrogen) atoms. The number of rotatable bonds is 5. The van der Waals surface area contributed by atoms with Gasteiger partial charge in [-0.2, -0.15) is 0 Å². The molecule has 106 valence electrons. The Morgan fingerprint density at radius 3 is 2.70 bits per heavy atom. The third-order valence-corrected chi connectivity index (χ3v) is 3.74. The molecule has 2 N–H and O–H groups in total. The van der Waals surface area contributed by atoms with Gasteiger partial charge in [0, 0.05) is 18.3 Å². The average Bonchev–Trinajstić information content (AvgIpc) is 2.44. The Hall–Kier alpha value is -1.39. The minimum atomic E-state index is 0.190. The topological polar surface area (TPSA) is 48.1 Å². The van der Waals surface area contributed by atoms with E-state index < -0.39 is 0 Å². The number of hydrogen-bond acceptors (Lipinski definition) is 3. The van der Waals surface area contributed by atoms with Crippen LogP contribution in [0.3, 0.4) is 0 Å². The van der Waals surface area contributed by atoms with E-state index in [1.807, 2.05) is 43.5 Å². The average molecular weight is 335 g/mol. The zero-order chi connectivity index (χ0) is 14.5. The predicted octanol–water partition coefficient (Wildman–Crippen LogP) is 4.22. The third-order valence-electron chi connectivity index (χ3n) is 3.12. The standard InChI is InChI=1S/C16H19BrN2O/c1-3-13(18)9-12-5-7-16(19-10-12)20-15-6-4-11(2)8-14(15)17/h4-8,10,13H,3,9,18H2,1-2H3. The van der Waals surface area contributed by atoms with Crippen LogP contribution in [0.15, 0.2) is 41.0 Å². The molecule has 0 amide bonds. The molecular weight excluding hydrogens is 316 g/mol. The van der Waals surface area contributed by atoms with E-state index in [1.54, 1.807) is 0 Å². The van der Waals surface area contributed by atoms with Crippen LogP contribution in [0.5, 0.6) is 11.6 Å². The molecule has 1 aromatic heterocycles. The van der Waals surface area contributed by atoms with Crippen molar-refractivity contribution < 1.29 is 4.74 Å². The Bertz CT molecular complexity index is 569. The second-order valence-electron chi connectivity index (χ2n) is 4.91. The maximum absolute atomic E-state index is 5.94. The fourth-order valence-electron chi connectivity index (χ4n) is 1.84. The Kier molecular flexibility index (Phi) is 5.15. The highest BCUT2D eigenvalue weighted by Gasteiger charge is 2.05. The maximum atomic E-state index is 5.94. The van der Waals surface area contributed by atoms with Crippen molar-refractivity contribution in [2.75, 3.05) is 0 Å². The van der Waals surface area contributed by atoms with Crippen LogP contribution in [0.25, 0.3) is 0 Å². The first-order valence-corrected chi connectivity index (χ1v) is 7.52. The lowest BCUT2D eigenvalue weighted by Gasteiger charge is -2.10. The molecule has 0 fully saturated rings. The summed E-state index contributed by atoms with van der Waals surface area (Å²) in [5, 5.41) is 0. The van der Waals surface area contributed by atoms with E-state index in [0.717, 1.165) is 28.6 Å². The predicted molar refractivity (Wildman–Crippen MR) is 85.2 cm³/mol. The molecule has 2 rings (SSSR count). The molecular formula is C16H19BrN2O. The lowest BCUT2D eigenvalue weighted by molar-refractivity contribution is 0.459. The summed E-state index contributed by atoms with van der Waals surface area (Å²) >= 11 is 3.49. The fraction of sp³-hybridized carbons (Fsp3) is 0.312. The molecule has 0 aliphatic carbocycles. The molecule has 0 saturated heterocycles. The van der Waals surface area contributed by atoms with Crippen LogP contribution >= 0.6 is 15.9 Å². The number of nitrogens with two attached hydrogens (primary N) is 1. The minimum Gasteiger partial charge on any atom is -0.438 e. The van der Waals surface area contributed by atoms with Gasteiger partial charge in [0.05, 0.1) is 4.47 Å². The molecule has 0 saturated carbocycles. The van der Waals surface area contributed by atoms with Crippen molar-refractivity contribution >= 4 is 15.9 Å². The highest BCUT2D eigenvalue weighted by molar-refractivity contribution is 9.10. The van der Waals surface area contributed by atoms with Gasteiger partial charge in [0.2, 0.25) is 5.88 Å². The highest BCUT2D eigenvalue weighted by Crippen LogP contribution is 2.29. The van der Waals surface area contributed by atoms with Gasteiger partial charge in [0.25, 0.3) is 0 Å². The summed E-state index contributed by atoms with van der Waals surface area (Å²) in [6, 6.07) is 10.0. The van der Waals surface area contributed by atoms with Gasteiger partial charge in [-0.15, -0.1) is 0 Å². The van der Waals surface area contributed by atoms with Gasteiger partial charge < -0.3 is 10.5 Å². The number of ether oxygens (including phenoxy) is 1. The molecule has 0 aliphatic heterocycles. The number of benzene rings is 1. The summed E-state index contributed by atoms with van der Waals surface area (Å²) in [4.78, 5) is 4.33. The SMILES string of the molecule is CCC(N)Cc1ccc(Oc2ccc(C)cc2Br)nc1. The largest absolute Gasteiger partial charge is 0.438 e. The second-order valence-corrected chi connectivity index (χ2v) is 5.77. The molecule has 0 spiro atoms. The van der Waals surface area contributed by atoms with E-state index in [2.05, 4.69) is 27.8 Å². The van der Waals surface area contributed by atoms with Crippen LogP contribution in [0.2, 0.25) is 0 Å². The summed E-state index contributed by atoms with van der Waals surface area (Å²) in [6.07, 6.45) is 3.64. The molecule has 2 aromatic rings. The number of halogens is 1. The summed E-state index contributed by atoms with van der Waals surface area (Å²) < 4.78 is 6.69. The zero-order valence-electron chi connectivity index (χ0n) is 11.8. The molecule has 1 atom stereocenters. The Morgan fingerprint density at radius 2 is 2.10 bits per heavy atom. The molecule has 1 aromatic carbocycles. The van der Waals surface area contributed by atoms with Crippen molar-refractivity contribution in [3.05, 3.63) is 52.1 Å². The number of nitrogens with zero attached hydrogens (tertiary/aromatic N) is 1. The van der Waals surface area contributed by atoms with Crippen molar-refractivity contribution in [1.29, 1.82) is 0 Å². The molecule has 3 nitrogen and oxygen atoms in total. The zero-order valence-corrected chi connectivity index (χ0v) is 13.4. The number of aromatic nitrogens is 1. The van der Waals surface area contributed by atoms with Crippen LogP contribution in [-0.2, 0) is 6.42 Å². The minimum absolute atomic E-state index is 0.190. The normalized spacial score (nSPS) is 12.2. The van der Waals surface area contributed by atoms with Crippen LogP contribution in [0, 0.1) is 6.92 Å². The van der Waals surface area contributed by atoms with Gasteiger partial charge in [-0.3, -0.25) is 0 Å². The number of aryl methyl sites for hydroxylation is 1. The van der Waals surface area contributed by atoms with E-state index in [-0.39, 0.29) is 6.04 Å². The van der Waals surface area contributed by atoms with E-state index in [1.165, 1.54) is 5.56 Å². The van der Waals surface area contributed by atoms with E-state index in [9.17, 15) is 0 Å². The Morgan fingerprint density at radius 1 is 1.30 bits per heavy atom. The van der Waals surface area contributed by atoms with Crippen LogP contribution < -0.4 is 10.5 Å². The molecule has 1 heterocycles. The molecule has 4 heteroatoms. The van der Waals surface area contributed by atoms with Gasteiger partial charge in [0.1, 0.15) is 5.75 Å². The monoisotopic (exact) mass is 334 g/mol. The van der Waals surface area contributed by atoms with Gasteiger partial charge in [-0.25, -0.2) is 4.98 Å². The Balaban J connectivity index is 2.07. The maximum Gasteiger partial charge on any atom is 0.219 e. The lowest BCUT2D eigenvalue weighted by Crippen LogP contribution is -2.21. The fourth-order valence-corrected chi connectivity index (χ4v) is 2.41. The third kappa shape index (κ3) is 4.05. The molecule has 0 radical (unpaired) electrons. The first-order valence-electron chi connectivity index (χ1n) is 6.73. The van der Waals surface area contributed by atoms with Gasteiger partial charge in [-0.1, -0.05) is 19.1 Å². The van der Waals surface area contributed by atoms with Gasteiger partial charge >= 0.3 is 0 Å². The highest BCUT2D eigenvalue weighted by atomic mass is 79.9. The molecule has 0 bridgehead atoms. The van der Waals surface area contributed by atoms with Crippen LogP contribution in [-0.4, -0.2) is 11.0 Å². The van der Waals surface area contributed by atoms with Crippen molar-refractivity contribution in [2.24, 2.45) is 5.73 Å². The van der Waals surface area contributed by atoms with E-state index >= 15 is 0 Å². The van der Waals surface area contributed by atoms with Crippen molar-refractivity contribution in [3.63, 3.8) is 0 Å². The van der Waals surface area contributed by atoms with Crippen molar-refractivity contribution in [3.8, 4) is 11.6 Å². The van der Waals surface area contributed by atoms with Crippen molar-refractivity contribution in [1.82, 2.24) is 4.98 Å². The molecule has 0 aliphatic rings. The summed E-state index contributed by atoms with van der Waals surface area (Å²) in [5.74, 6) is 1.35.